The zero-order chi connectivity index (χ0) is 19.2. The number of hydrogen-bond donors (Lipinski definition) is 1. The molecule has 5 rings (SSSR count). The van der Waals surface area contributed by atoms with Gasteiger partial charge in [-0.15, -0.1) is 6.58 Å². The average molecular weight is 369 g/mol. The maximum atomic E-state index is 17.0. The van der Waals surface area contributed by atoms with Crippen LogP contribution in [0.2, 0.25) is 0 Å². The molecule has 3 fully saturated rings. The van der Waals surface area contributed by atoms with Crippen molar-refractivity contribution in [1.82, 2.24) is 9.80 Å². The second-order valence-corrected chi connectivity index (χ2v) is 8.73. The average Bonchev–Trinajstić information content (AvgIpc) is 3.29. The van der Waals surface area contributed by atoms with E-state index < -0.39 is 28.8 Å². The lowest BCUT2D eigenvalue weighted by Crippen LogP contribution is -2.72. The van der Waals surface area contributed by atoms with Crippen molar-refractivity contribution in [3.63, 3.8) is 0 Å². The van der Waals surface area contributed by atoms with Gasteiger partial charge in [-0.25, -0.2) is 4.39 Å². The van der Waals surface area contributed by atoms with Crippen molar-refractivity contribution in [3.05, 3.63) is 42.5 Å². The molecule has 5 nitrogen and oxygen atoms in total. The highest BCUT2D eigenvalue weighted by molar-refractivity contribution is 6.00. The first-order chi connectivity index (χ1) is 12.8. The minimum absolute atomic E-state index is 0.0257. The lowest BCUT2D eigenvalue weighted by atomic mass is 9.69. The Bertz CT molecular complexity index is 884. The van der Waals surface area contributed by atoms with E-state index in [1.165, 1.54) is 0 Å². The first kappa shape index (κ1) is 16.8. The molecular weight excluding hydrogens is 345 g/mol. The van der Waals surface area contributed by atoms with E-state index in [9.17, 15) is 9.59 Å². The van der Waals surface area contributed by atoms with Crippen LogP contribution in [0.1, 0.15) is 38.7 Å². The van der Waals surface area contributed by atoms with Crippen LogP contribution in [0.15, 0.2) is 36.9 Å². The highest BCUT2D eigenvalue weighted by atomic mass is 19.1. The van der Waals surface area contributed by atoms with Crippen molar-refractivity contribution in [2.75, 3.05) is 11.9 Å². The molecule has 4 aliphatic rings. The summed E-state index contributed by atoms with van der Waals surface area (Å²) in [5.74, 6) is -0.270. The van der Waals surface area contributed by atoms with Gasteiger partial charge in [0, 0.05) is 29.6 Å². The Hall–Kier alpha value is -2.37. The molecule has 0 aliphatic carbocycles. The fraction of sp³-hybridized carbons (Fsp3) is 0.524. The third kappa shape index (κ3) is 1.66. The van der Waals surface area contributed by atoms with Crippen LogP contribution < -0.4 is 5.32 Å². The Kier molecular flexibility index (Phi) is 3.05. The lowest BCUT2D eigenvalue weighted by Gasteiger charge is -2.53. The van der Waals surface area contributed by atoms with E-state index in [-0.39, 0.29) is 18.2 Å². The number of nitrogens with zero attached hydrogens (tertiary/aromatic N) is 2. The molecule has 4 aliphatic heterocycles. The number of fused-ring (bicyclic) bond motifs is 6. The molecule has 4 heterocycles. The van der Waals surface area contributed by atoms with Crippen molar-refractivity contribution in [3.8, 4) is 0 Å². The number of amides is 2. The number of alkyl halides is 1. The first-order valence-corrected chi connectivity index (χ1v) is 9.62. The van der Waals surface area contributed by atoms with Crippen molar-refractivity contribution < 1.29 is 14.0 Å². The molecule has 0 bridgehead atoms. The summed E-state index contributed by atoms with van der Waals surface area (Å²) in [6.07, 6.45) is 3.13. The van der Waals surface area contributed by atoms with Crippen LogP contribution in [0.4, 0.5) is 10.1 Å². The number of piperazine rings is 1. The van der Waals surface area contributed by atoms with Crippen LogP contribution in [0.25, 0.3) is 0 Å². The number of anilines is 1. The number of carbonyl (C=O) groups excluding carboxylic acids is 2. The predicted molar refractivity (Wildman–Crippen MR) is 99.5 cm³/mol. The molecule has 0 unspecified atom stereocenters. The fourth-order valence-electron chi connectivity index (χ4n) is 5.81. The number of nitrogens with one attached hydrogen (secondary N) is 1. The molecular formula is C21H24FN3O2. The van der Waals surface area contributed by atoms with Gasteiger partial charge in [0.1, 0.15) is 12.1 Å². The third-order valence-corrected chi connectivity index (χ3v) is 7.18. The monoisotopic (exact) mass is 369 g/mol. The van der Waals surface area contributed by atoms with Gasteiger partial charge in [-0.3, -0.25) is 9.59 Å². The topological polar surface area (TPSA) is 52.7 Å². The fourth-order valence-corrected chi connectivity index (χ4v) is 5.81. The summed E-state index contributed by atoms with van der Waals surface area (Å²) in [5.41, 5.74) is -2.82. The van der Waals surface area contributed by atoms with Gasteiger partial charge in [0.05, 0.1) is 0 Å². The predicted octanol–water partition coefficient (Wildman–Crippen LogP) is 2.79. The molecule has 0 radical (unpaired) electrons. The van der Waals surface area contributed by atoms with E-state index in [0.29, 0.717) is 24.2 Å². The zero-order valence-corrected chi connectivity index (χ0v) is 15.7. The number of benzene rings is 1. The van der Waals surface area contributed by atoms with Gasteiger partial charge in [-0.05, 0) is 18.9 Å². The standard InChI is InChI=1S/C21H24FN3O2/c1-4-19(2,3)21-20(22,13-8-5-6-9-14(13)23-21)12-16-17(26)24-11-7-10-15(24)18(27)25(16)21/h4-6,8-9,15-16,23H,1,7,10-12H2,2-3H3/t15-,16-,20+,21-/m0/s1. The molecule has 6 heteroatoms. The minimum Gasteiger partial charge on any atom is -0.359 e. The van der Waals surface area contributed by atoms with Gasteiger partial charge in [-0.1, -0.05) is 38.1 Å². The van der Waals surface area contributed by atoms with Crippen LogP contribution in [0.3, 0.4) is 0 Å². The van der Waals surface area contributed by atoms with Crippen LogP contribution in [-0.4, -0.2) is 45.9 Å². The van der Waals surface area contributed by atoms with E-state index in [4.69, 9.17) is 0 Å². The van der Waals surface area contributed by atoms with E-state index in [1.54, 1.807) is 28.0 Å². The normalized spacial score (nSPS) is 36.9. The van der Waals surface area contributed by atoms with Crippen LogP contribution >= 0.6 is 0 Å². The molecule has 1 aromatic carbocycles. The van der Waals surface area contributed by atoms with Crippen molar-refractivity contribution in [1.29, 1.82) is 0 Å². The van der Waals surface area contributed by atoms with Crippen molar-refractivity contribution in [2.24, 2.45) is 5.41 Å². The summed E-state index contributed by atoms with van der Waals surface area (Å²) in [5, 5.41) is 3.36. The summed E-state index contributed by atoms with van der Waals surface area (Å²) in [6.45, 7) is 8.28. The van der Waals surface area contributed by atoms with Crippen LogP contribution in [-0.2, 0) is 15.3 Å². The Labute approximate surface area is 158 Å². The highest BCUT2D eigenvalue weighted by Gasteiger charge is 2.77. The quantitative estimate of drug-likeness (QED) is 0.816. The number of para-hydroxylation sites is 1. The van der Waals surface area contributed by atoms with Gasteiger partial charge in [0.15, 0.2) is 11.3 Å². The number of carbonyl (C=O) groups is 2. The minimum atomic E-state index is -1.86. The SMILES string of the molecule is C=CC(C)(C)[C@@]12Nc3ccccc3[C@]1(F)C[C@H]1C(=O)N3CCC[C@H]3C(=O)N12. The van der Waals surface area contributed by atoms with Gasteiger partial charge < -0.3 is 15.1 Å². The third-order valence-electron chi connectivity index (χ3n) is 7.18. The summed E-state index contributed by atoms with van der Waals surface area (Å²) >= 11 is 0. The molecule has 1 N–H and O–H groups in total. The molecule has 3 saturated heterocycles. The Balaban J connectivity index is 1.77. The summed E-state index contributed by atoms with van der Waals surface area (Å²) in [7, 11) is 0. The summed E-state index contributed by atoms with van der Waals surface area (Å²) in [6, 6.07) is 6.00. The van der Waals surface area contributed by atoms with Gasteiger partial charge in [-0.2, -0.15) is 0 Å². The zero-order valence-electron chi connectivity index (χ0n) is 15.7. The van der Waals surface area contributed by atoms with E-state index >= 15 is 4.39 Å². The first-order valence-electron chi connectivity index (χ1n) is 9.62. The number of hydrogen-bond acceptors (Lipinski definition) is 3. The van der Waals surface area contributed by atoms with E-state index in [2.05, 4.69) is 11.9 Å². The Morgan fingerprint density at radius 2 is 2.00 bits per heavy atom. The Morgan fingerprint density at radius 1 is 1.26 bits per heavy atom. The van der Waals surface area contributed by atoms with Crippen molar-refractivity contribution >= 4 is 17.5 Å². The van der Waals surface area contributed by atoms with Gasteiger partial charge >= 0.3 is 0 Å². The summed E-state index contributed by atoms with van der Waals surface area (Å²) < 4.78 is 17.0. The lowest BCUT2D eigenvalue weighted by molar-refractivity contribution is -0.166. The maximum absolute atomic E-state index is 17.0. The van der Waals surface area contributed by atoms with Gasteiger partial charge in [0.25, 0.3) is 0 Å². The van der Waals surface area contributed by atoms with Gasteiger partial charge in [0.2, 0.25) is 11.8 Å². The smallest absolute Gasteiger partial charge is 0.248 e. The number of halogens is 1. The van der Waals surface area contributed by atoms with Crippen molar-refractivity contribution in [2.45, 2.75) is 56.5 Å². The molecule has 0 aromatic heterocycles. The molecule has 2 amide bonds. The van der Waals surface area contributed by atoms with Crippen LogP contribution in [0.5, 0.6) is 0 Å². The van der Waals surface area contributed by atoms with Crippen LogP contribution in [0, 0.1) is 5.41 Å². The molecule has 4 atom stereocenters. The second-order valence-electron chi connectivity index (χ2n) is 8.73. The maximum Gasteiger partial charge on any atom is 0.248 e. The number of rotatable bonds is 2. The Morgan fingerprint density at radius 3 is 2.74 bits per heavy atom. The molecule has 27 heavy (non-hydrogen) atoms. The molecule has 0 saturated carbocycles. The molecule has 142 valence electrons. The largest absolute Gasteiger partial charge is 0.359 e. The second kappa shape index (κ2) is 4.91. The highest BCUT2D eigenvalue weighted by Crippen LogP contribution is 2.65. The van der Waals surface area contributed by atoms with E-state index in [1.807, 2.05) is 26.0 Å². The molecule has 0 spiro atoms. The summed E-state index contributed by atoms with van der Waals surface area (Å²) in [4.78, 5) is 29.9. The molecule has 1 aromatic rings. The van der Waals surface area contributed by atoms with E-state index in [0.717, 1.165) is 6.42 Å².